The Morgan fingerprint density at radius 2 is 1.92 bits per heavy atom. The zero-order chi connectivity index (χ0) is 17.3. The van der Waals surface area contributed by atoms with E-state index in [0.29, 0.717) is 11.1 Å². The number of nitrogens with two attached hydrogens (primary N) is 1. The SMILES string of the molecule is Cn1c(SCc2ccc(C(=N)N)cc2)nc2cc(C(=O)O)ccc21. The maximum absolute atomic E-state index is 11.1. The van der Waals surface area contributed by atoms with E-state index < -0.39 is 5.97 Å². The fourth-order valence-electron chi connectivity index (χ4n) is 2.37. The number of carboxylic acid groups (broad SMARTS) is 1. The molecule has 122 valence electrons. The van der Waals surface area contributed by atoms with Gasteiger partial charge in [0.05, 0.1) is 16.6 Å². The van der Waals surface area contributed by atoms with Gasteiger partial charge < -0.3 is 15.4 Å². The molecule has 0 aliphatic rings. The quantitative estimate of drug-likeness (QED) is 0.376. The molecule has 0 amide bonds. The first-order valence-corrected chi connectivity index (χ1v) is 8.20. The van der Waals surface area contributed by atoms with Crippen LogP contribution in [0.15, 0.2) is 47.6 Å². The maximum atomic E-state index is 11.1. The number of carboxylic acids is 1. The van der Waals surface area contributed by atoms with E-state index in [0.717, 1.165) is 22.0 Å². The van der Waals surface area contributed by atoms with Crippen molar-refractivity contribution < 1.29 is 9.90 Å². The molecule has 3 aromatic rings. The summed E-state index contributed by atoms with van der Waals surface area (Å²) < 4.78 is 1.95. The van der Waals surface area contributed by atoms with Gasteiger partial charge in [-0.3, -0.25) is 5.41 Å². The Kier molecular flexibility index (Phi) is 4.26. The van der Waals surface area contributed by atoms with Crippen LogP contribution in [0.4, 0.5) is 0 Å². The number of benzene rings is 2. The summed E-state index contributed by atoms with van der Waals surface area (Å²) in [6.07, 6.45) is 0. The number of rotatable bonds is 5. The van der Waals surface area contributed by atoms with Crippen LogP contribution in [-0.2, 0) is 12.8 Å². The minimum absolute atomic E-state index is 0.0544. The lowest BCUT2D eigenvalue weighted by Crippen LogP contribution is -2.10. The number of imidazole rings is 1. The third-order valence-electron chi connectivity index (χ3n) is 3.72. The molecule has 0 saturated heterocycles. The average Bonchev–Trinajstić information content (AvgIpc) is 2.89. The minimum Gasteiger partial charge on any atom is -0.478 e. The standard InChI is InChI=1S/C17H16N4O2S/c1-21-14-7-6-12(16(22)23)8-13(14)20-17(21)24-9-10-2-4-11(5-3-10)15(18)19/h2-8H,9H2,1H3,(H3,18,19)(H,22,23). The Morgan fingerprint density at radius 1 is 1.25 bits per heavy atom. The fourth-order valence-corrected chi connectivity index (χ4v) is 3.31. The number of hydrogen-bond donors (Lipinski definition) is 3. The zero-order valence-electron chi connectivity index (χ0n) is 13.0. The molecule has 0 bridgehead atoms. The summed E-state index contributed by atoms with van der Waals surface area (Å²) in [6, 6.07) is 12.5. The summed E-state index contributed by atoms with van der Waals surface area (Å²) in [7, 11) is 1.91. The van der Waals surface area contributed by atoms with E-state index in [-0.39, 0.29) is 11.4 Å². The second kappa shape index (κ2) is 6.37. The third-order valence-corrected chi connectivity index (χ3v) is 4.82. The van der Waals surface area contributed by atoms with Gasteiger partial charge in [0.1, 0.15) is 5.84 Å². The molecular weight excluding hydrogens is 324 g/mol. The van der Waals surface area contributed by atoms with Crippen molar-refractivity contribution >= 4 is 34.6 Å². The number of nitrogens with zero attached hydrogens (tertiary/aromatic N) is 2. The zero-order valence-corrected chi connectivity index (χ0v) is 13.8. The Labute approximate surface area is 142 Å². The van der Waals surface area contributed by atoms with Crippen LogP contribution < -0.4 is 5.73 Å². The van der Waals surface area contributed by atoms with Crippen LogP contribution in [0.1, 0.15) is 21.5 Å². The molecule has 0 spiro atoms. The lowest BCUT2D eigenvalue weighted by molar-refractivity contribution is 0.0697. The molecule has 1 heterocycles. The van der Waals surface area contributed by atoms with Crippen molar-refractivity contribution in [1.82, 2.24) is 9.55 Å². The molecule has 0 radical (unpaired) electrons. The number of aromatic carboxylic acids is 1. The van der Waals surface area contributed by atoms with Crippen molar-refractivity contribution in [1.29, 1.82) is 5.41 Å². The van der Waals surface area contributed by atoms with Gasteiger partial charge in [0.2, 0.25) is 0 Å². The van der Waals surface area contributed by atoms with Crippen LogP contribution >= 0.6 is 11.8 Å². The number of aryl methyl sites for hydroxylation is 1. The number of nitrogens with one attached hydrogen (secondary N) is 1. The topological polar surface area (TPSA) is 105 Å². The molecule has 0 aliphatic heterocycles. The normalized spacial score (nSPS) is 10.9. The first-order valence-electron chi connectivity index (χ1n) is 7.21. The Morgan fingerprint density at radius 3 is 2.54 bits per heavy atom. The van der Waals surface area contributed by atoms with Crippen molar-refractivity contribution in [3.8, 4) is 0 Å². The van der Waals surface area contributed by atoms with Crippen LogP contribution in [0.25, 0.3) is 11.0 Å². The second-order valence-electron chi connectivity index (χ2n) is 5.36. The first kappa shape index (κ1) is 16.1. The Bertz CT molecular complexity index is 932. The van der Waals surface area contributed by atoms with Gasteiger partial charge in [-0.2, -0.15) is 0 Å². The van der Waals surface area contributed by atoms with Crippen molar-refractivity contribution in [2.75, 3.05) is 0 Å². The molecule has 4 N–H and O–H groups in total. The van der Waals surface area contributed by atoms with Gasteiger partial charge in [-0.1, -0.05) is 36.0 Å². The van der Waals surface area contributed by atoms with Crippen LogP contribution in [0.2, 0.25) is 0 Å². The monoisotopic (exact) mass is 340 g/mol. The smallest absolute Gasteiger partial charge is 0.335 e. The van der Waals surface area contributed by atoms with Crippen LogP contribution in [0, 0.1) is 5.41 Å². The summed E-state index contributed by atoms with van der Waals surface area (Å²) in [5.74, 6) is -0.178. The second-order valence-corrected chi connectivity index (χ2v) is 6.30. The summed E-state index contributed by atoms with van der Waals surface area (Å²) in [5, 5.41) is 17.3. The molecule has 1 aromatic heterocycles. The highest BCUT2D eigenvalue weighted by molar-refractivity contribution is 7.98. The molecule has 24 heavy (non-hydrogen) atoms. The molecule has 2 aromatic carbocycles. The van der Waals surface area contributed by atoms with Crippen molar-refractivity contribution in [3.63, 3.8) is 0 Å². The Hall–Kier alpha value is -2.80. The summed E-state index contributed by atoms with van der Waals surface area (Å²) >= 11 is 1.57. The number of aromatic nitrogens is 2. The molecule has 3 rings (SSSR count). The van der Waals surface area contributed by atoms with E-state index in [9.17, 15) is 4.79 Å². The van der Waals surface area contributed by atoms with Gasteiger partial charge in [0, 0.05) is 18.4 Å². The fraction of sp³-hybridized carbons (Fsp3) is 0.118. The van der Waals surface area contributed by atoms with Gasteiger partial charge in [0.25, 0.3) is 0 Å². The van der Waals surface area contributed by atoms with Crippen LogP contribution in [-0.4, -0.2) is 26.5 Å². The van der Waals surface area contributed by atoms with Crippen molar-refractivity contribution in [2.45, 2.75) is 10.9 Å². The molecule has 0 atom stereocenters. The highest BCUT2D eigenvalue weighted by Gasteiger charge is 2.11. The van der Waals surface area contributed by atoms with E-state index in [4.69, 9.17) is 16.2 Å². The predicted octanol–water partition coefficient (Wildman–Crippen LogP) is 2.85. The van der Waals surface area contributed by atoms with Gasteiger partial charge in [-0.15, -0.1) is 0 Å². The molecule has 0 saturated carbocycles. The number of amidine groups is 1. The number of fused-ring (bicyclic) bond motifs is 1. The molecular formula is C17H16N4O2S. The summed E-state index contributed by atoms with van der Waals surface area (Å²) in [4.78, 5) is 15.6. The van der Waals surface area contributed by atoms with Gasteiger partial charge >= 0.3 is 5.97 Å². The van der Waals surface area contributed by atoms with E-state index in [1.54, 1.807) is 30.0 Å². The molecule has 0 aliphatic carbocycles. The minimum atomic E-state index is -0.956. The lowest BCUT2D eigenvalue weighted by atomic mass is 10.1. The first-order chi connectivity index (χ1) is 11.5. The van der Waals surface area contributed by atoms with E-state index in [1.807, 2.05) is 35.9 Å². The number of hydrogen-bond acceptors (Lipinski definition) is 4. The highest BCUT2D eigenvalue weighted by Crippen LogP contribution is 2.26. The van der Waals surface area contributed by atoms with E-state index in [1.165, 1.54) is 0 Å². The molecule has 7 heteroatoms. The molecule has 0 unspecified atom stereocenters. The number of nitrogen functional groups attached to an aromatic ring is 1. The Balaban J connectivity index is 1.81. The van der Waals surface area contributed by atoms with Gasteiger partial charge in [-0.05, 0) is 23.8 Å². The van der Waals surface area contributed by atoms with Crippen LogP contribution in [0.5, 0.6) is 0 Å². The van der Waals surface area contributed by atoms with E-state index >= 15 is 0 Å². The van der Waals surface area contributed by atoms with E-state index in [2.05, 4.69) is 4.98 Å². The van der Waals surface area contributed by atoms with Gasteiger partial charge in [0.15, 0.2) is 5.16 Å². The largest absolute Gasteiger partial charge is 0.478 e. The van der Waals surface area contributed by atoms with Gasteiger partial charge in [-0.25, -0.2) is 9.78 Å². The third kappa shape index (κ3) is 3.11. The molecule has 6 nitrogen and oxygen atoms in total. The number of thioether (sulfide) groups is 1. The predicted molar refractivity (Wildman–Crippen MR) is 94.7 cm³/mol. The van der Waals surface area contributed by atoms with Crippen molar-refractivity contribution in [2.24, 2.45) is 12.8 Å². The molecule has 0 fully saturated rings. The average molecular weight is 340 g/mol. The highest BCUT2D eigenvalue weighted by atomic mass is 32.2. The number of carbonyl (C=O) groups is 1. The van der Waals surface area contributed by atoms with Crippen molar-refractivity contribution in [3.05, 3.63) is 59.2 Å². The maximum Gasteiger partial charge on any atom is 0.335 e. The lowest BCUT2D eigenvalue weighted by Gasteiger charge is -2.04. The summed E-state index contributed by atoms with van der Waals surface area (Å²) in [5.41, 5.74) is 9.05. The van der Waals surface area contributed by atoms with Crippen LogP contribution in [0.3, 0.4) is 0 Å². The summed E-state index contributed by atoms with van der Waals surface area (Å²) in [6.45, 7) is 0.